The number of alkyl halides is 3. The third-order valence-corrected chi connectivity index (χ3v) is 7.18. The van der Waals surface area contributed by atoms with E-state index in [1.54, 1.807) is 28.9 Å². The van der Waals surface area contributed by atoms with Crippen LogP contribution in [0.1, 0.15) is 37.3 Å². The molecule has 1 amide bonds. The highest BCUT2D eigenvalue weighted by Gasteiger charge is 2.51. The molecule has 0 radical (unpaired) electrons. The number of carbonyl (C=O) groups excluding carboxylic acids is 1. The maximum absolute atomic E-state index is 12.9. The molecule has 2 saturated carbocycles. The van der Waals surface area contributed by atoms with Crippen molar-refractivity contribution in [2.45, 2.75) is 49.4 Å². The zero-order valence-electron chi connectivity index (χ0n) is 19.6. The molecule has 2 aliphatic rings. The quantitative estimate of drug-likeness (QED) is 0.365. The van der Waals surface area contributed by atoms with Gasteiger partial charge in [0.2, 0.25) is 5.91 Å². The van der Waals surface area contributed by atoms with Gasteiger partial charge in [0.1, 0.15) is 18.4 Å². The van der Waals surface area contributed by atoms with E-state index < -0.39 is 30.1 Å². The normalized spacial score (nSPS) is 21.7. The number of nitrogen functional groups attached to an aromatic ring is 1. The highest BCUT2D eigenvalue weighted by Crippen LogP contribution is 2.46. The van der Waals surface area contributed by atoms with Crippen molar-refractivity contribution >= 4 is 17.2 Å². The molecular weight excluding hydrogens is 487 g/mol. The first-order valence-corrected chi connectivity index (χ1v) is 12.0. The van der Waals surface area contributed by atoms with Crippen molar-refractivity contribution in [3.05, 3.63) is 54.5 Å². The van der Waals surface area contributed by atoms with E-state index in [-0.39, 0.29) is 12.8 Å². The third kappa shape index (κ3) is 4.01. The SMILES string of the molecule is Nc1ncnn2c(-c3cccc([C@]4(C(=O)NCC(F)(F)F)C[C@@H](O)C4)c3)cc(-c3ccnn3C3CC3)c12. The Bertz CT molecular complexity index is 1500. The standard InChI is InChI=1S/C25H24F3N7O2/c26-25(27,28)12-30-23(37)24(10-17(36)11-24)15-3-1-2-14(8-15)20-9-18(21-22(29)31-13-33-35(20)21)19-6-7-32-34(19)16-4-5-16/h1-3,6-9,13,16-17,36H,4-5,10-12H2,(H,30,37)(H2,29,31,33)/t17-,24+. The number of nitrogens with two attached hydrogens (primary N) is 1. The van der Waals surface area contributed by atoms with Crippen LogP contribution < -0.4 is 11.1 Å². The maximum atomic E-state index is 12.9. The van der Waals surface area contributed by atoms with Gasteiger partial charge in [-0.1, -0.05) is 18.2 Å². The van der Waals surface area contributed by atoms with Gasteiger partial charge in [-0.3, -0.25) is 9.48 Å². The second-order valence-electron chi connectivity index (χ2n) is 9.76. The Labute approximate surface area is 209 Å². The molecule has 2 fully saturated rings. The van der Waals surface area contributed by atoms with Crippen LogP contribution in [0.5, 0.6) is 0 Å². The van der Waals surface area contributed by atoms with E-state index in [1.807, 2.05) is 28.2 Å². The summed E-state index contributed by atoms with van der Waals surface area (Å²) in [5.41, 5.74) is 9.22. The number of nitrogens with zero attached hydrogens (tertiary/aromatic N) is 5. The summed E-state index contributed by atoms with van der Waals surface area (Å²) in [5.74, 6) is -0.464. The number of hydrogen-bond donors (Lipinski definition) is 3. The number of aromatic nitrogens is 5. The van der Waals surface area contributed by atoms with Gasteiger partial charge in [0.25, 0.3) is 0 Å². The van der Waals surface area contributed by atoms with Crippen LogP contribution in [0.25, 0.3) is 28.0 Å². The Balaban J connectivity index is 1.44. The number of halogens is 3. The molecule has 1 aromatic carbocycles. The molecule has 6 rings (SSSR count). The van der Waals surface area contributed by atoms with Crippen LogP contribution in [-0.4, -0.2) is 54.2 Å². The van der Waals surface area contributed by atoms with Crippen molar-refractivity contribution < 1.29 is 23.1 Å². The van der Waals surface area contributed by atoms with Gasteiger partial charge in [-0.15, -0.1) is 0 Å². The topological polar surface area (TPSA) is 123 Å². The lowest BCUT2D eigenvalue weighted by Crippen LogP contribution is -2.56. The molecule has 192 valence electrons. The van der Waals surface area contributed by atoms with Gasteiger partial charge in [-0.05, 0) is 49.4 Å². The number of hydrogen-bond acceptors (Lipinski definition) is 6. The number of amides is 1. The Morgan fingerprint density at radius 1 is 1.16 bits per heavy atom. The second-order valence-corrected chi connectivity index (χ2v) is 9.76. The molecule has 3 heterocycles. The molecule has 0 aliphatic heterocycles. The number of aliphatic hydroxyl groups is 1. The minimum atomic E-state index is -4.53. The molecule has 0 spiro atoms. The van der Waals surface area contributed by atoms with E-state index in [1.165, 1.54) is 6.33 Å². The monoisotopic (exact) mass is 511 g/mol. The van der Waals surface area contributed by atoms with E-state index in [0.29, 0.717) is 34.2 Å². The van der Waals surface area contributed by atoms with E-state index in [0.717, 1.165) is 24.1 Å². The predicted molar refractivity (Wildman–Crippen MR) is 128 cm³/mol. The summed E-state index contributed by atoms with van der Waals surface area (Å²) in [7, 11) is 0. The Kier molecular flexibility index (Phi) is 5.26. The van der Waals surface area contributed by atoms with Crippen LogP contribution in [0.4, 0.5) is 19.0 Å². The minimum Gasteiger partial charge on any atom is -0.393 e. The molecule has 37 heavy (non-hydrogen) atoms. The number of anilines is 1. The fourth-order valence-electron chi connectivity index (χ4n) is 5.23. The van der Waals surface area contributed by atoms with Gasteiger partial charge in [0, 0.05) is 17.3 Å². The number of carbonyl (C=O) groups is 1. The maximum Gasteiger partial charge on any atom is 0.405 e. The lowest BCUT2D eigenvalue weighted by Gasteiger charge is -2.44. The molecule has 4 aromatic rings. The van der Waals surface area contributed by atoms with Crippen LogP contribution >= 0.6 is 0 Å². The van der Waals surface area contributed by atoms with Crippen molar-refractivity contribution in [1.29, 1.82) is 0 Å². The largest absolute Gasteiger partial charge is 0.405 e. The van der Waals surface area contributed by atoms with Gasteiger partial charge < -0.3 is 16.2 Å². The van der Waals surface area contributed by atoms with E-state index in [2.05, 4.69) is 15.2 Å². The number of rotatable bonds is 6. The first-order valence-electron chi connectivity index (χ1n) is 12.0. The summed E-state index contributed by atoms with van der Waals surface area (Å²) in [4.78, 5) is 17.1. The van der Waals surface area contributed by atoms with Crippen molar-refractivity contribution in [1.82, 2.24) is 29.7 Å². The lowest BCUT2D eigenvalue weighted by atomic mass is 9.62. The molecule has 12 heteroatoms. The first kappa shape index (κ1) is 23.5. The zero-order chi connectivity index (χ0) is 25.9. The molecule has 4 N–H and O–H groups in total. The molecule has 0 atom stereocenters. The molecule has 0 bridgehead atoms. The summed E-state index contributed by atoms with van der Waals surface area (Å²) in [6.07, 6.45) is -0.0382. The van der Waals surface area contributed by atoms with E-state index in [9.17, 15) is 23.1 Å². The smallest absolute Gasteiger partial charge is 0.393 e. The molecule has 0 saturated heterocycles. The highest BCUT2D eigenvalue weighted by atomic mass is 19.4. The zero-order valence-corrected chi connectivity index (χ0v) is 19.6. The van der Waals surface area contributed by atoms with Crippen LogP contribution in [-0.2, 0) is 10.2 Å². The number of benzene rings is 1. The van der Waals surface area contributed by atoms with E-state index in [4.69, 9.17) is 5.73 Å². The fourth-order valence-corrected chi connectivity index (χ4v) is 5.23. The Morgan fingerprint density at radius 2 is 1.95 bits per heavy atom. The average Bonchev–Trinajstić information content (AvgIpc) is 3.43. The van der Waals surface area contributed by atoms with Gasteiger partial charge in [-0.25, -0.2) is 9.50 Å². The summed E-state index contributed by atoms with van der Waals surface area (Å²) < 4.78 is 42.0. The third-order valence-electron chi connectivity index (χ3n) is 7.18. The molecular formula is C25H24F3N7O2. The fraction of sp³-hybridized carbons (Fsp3) is 0.360. The summed E-state index contributed by atoms with van der Waals surface area (Å²) in [6.45, 7) is -1.43. The van der Waals surface area contributed by atoms with E-state index >= 15 is 0 Å². The molecule has 0 unspecified atom stereocenters. The van der Waals surface area contributed by atoms with Gasteiger partial charge >= 0.3 is 6.18 Å². The van der Waals surface area contributed by atoms with Gasteiger partial charge in [-0.2, -0.15) is 23.4 Å². The minimum absolute atomic E-state index is 0.0377. The lowest BCUT2D eigenvalue weighted by molar-refractivity contribution is -0.147. The Hall–Kier alpha value is -3.93. The van der Waals surface area contributed by atoms with Gasteiger partial charge in [0.05, 0.1) is 28.9 Å². The number of nitrogens with one attached hydrogen (secondary N) is 1. The average molecular weight is 512 g/mol. The van der Waals surface area contributed by atoms with Crippen LogP contribution in [0, 0.1) is 0 Å². The number of fused-ring (bicyclic) bond motifs is 1. The molecule has 3 aromatic heterocycles. The van der Waals surface area contributed by atoms with Crippen LogP contribution in [0.3, 0.4) is 0 Å². The predicted octanol–water partition coefficient (Wildman–Crippen LogP) is 3.25. The second kappa shape index (κ2) is 8.30. The first-order chi connectivity index (χ1) is 17.7. The number of aliphatic hydroxyl groups excluding tert-OH is 1. The van der Waals surface area contributed by atoms with Crippen molar-refractivity contribution in [3.63, 3.8) is 0 Å². The van der Waals surface area contributed by atoms with Crippen molar-refractivity contribution in [2.75, 3.05) is 12.3 Å². The van der Waals surface area contributed by atoms with Crippen LogP contribution in [0.2, 0.25) is 0 Å². The summed E-state index contributed by atoms with van der Waals surface area (Å²) >= 11 is 0. The van der Waals surface area contributed by atoms with Gasteiger partial charge in [0.15, 0.2) is 5.82 Å². The molecule has 2 aliphatic carbocycles. The van der Waals surface area contributed by atoms with Crippen LogP contribution in [0.15, 0.2) is 48.9 Å². The van der Waals surface area contributed by atoms with Crippen molar-refractivity contribution in [3.8, 4) is 22.5 Å². The molecule has 9 nitrogen and oxygen atoms in total. The summed E-state index contributed by atoms with van der Waals surface area (Å²) in [6, 6.07) is 11.2. The highest BCUT2D eigenvalue weighted by molar-refractivity contribution is 5.92. The summed E-state index contributed by atoms with van der Waals surface area (Å²) in [5, 5.41) is 20.9. The Morgan fingerprint density at radius 3 is 2.65 bits per heavy atom. The van der Waals surface area contributed by atoms with Crippen molar-refractivity contribution in [2.24, 2.45) is 0 Å².